The van der Waals surface area contributed by atoms with Gasteiger partial charge in [0, 0.05) is 20.1 Å². The Labute approximate surface area is 133 Å². The van der Waals surface area contributed by atoms with E-state index in [1.54, 1.807) is 18.4 Å². The van der Waals surface area contributed by atoms with Crippen LogP contribution in [-0.4, -0.2) is 52.0 Å². The quantitative estimate of drug-likeness (QED) is 0.802. The number of rotatable bonds is 6. The van der Waals surface area contributed by atoms with Crippen molar-refractivity contribution in [3.05, 3.63) is 21.7 Å². The van der Waals surface area contributed by atoms with Gasteiger partial charge in [0.15, 0.2) is 5.82 Å². The van der Waals surface area contributed by atoms with Crippen LogP contribution in [0.15, 0.2) is 4.52 Å². The predicted molar refractivity (Wildman–Crippen MR) is 81.8 cm³/mol. The normalized spacial score (nSPS) is 19.6. The van der Waals surface area contributed by atoms with Crippen LogP contribution in [0.3, 0.4) is 0 Å². The standard InChI is InChI=1S/C14H21N5O2S/c1-10-16-17-13(22-10)9-19-6-3-4-11(8-19)14-15-12(18-21-14)5-7-20-2/h11H,3-9H2,1-2H3. The Hall–Kier alpha value is -1.38. The molecule has 0 aromatic carbocycles. The molecule has 0 radical (unpaired) electrons. The molecule has 1 saturated heterocycles. The molecule has 1 aliphatic rings. The van der Waals surface area contributed by atoms with Gasteiger partial charge in [-0.1, -0.05) is 5.16 Å². The molecule has 120 valence electrons. The van der Waals surface area contributed by atoms with Crippen molar-refractivity contribution in [2.75, 3.05) is 26.8 Å². The summed E-state index contributed by atoms with van der Waals surface area (Å²) in [5, 5.41) is 14.4. The van der Waals surface area contributed by atoms with Gasteiger partial charge in [0.05, 0.1) is 19.1 Å². The van der Waals surface area contributed by atoms with Gasteiger partial charge in [0.25, 0.3) is 0 Å². The van der Waals surface area contributed by atoms with Crippen LogP contribution >= 0.6 is 11.3 Å². The Balaban J connectivity index is 1.59. The van der Waals surface area contributed by atoms with Crippen LogP contribution in [0.1, 0.15) is 40.5 Å². The van der Waals surface area contributed by atoms with Gasteiger partial charge < -0.3 is 9.26 Å². The van der Waals surface area contributed by atoms with Crippen LogP contribution in [0.4, 0.5) is 0 Å². The van der Waals surface area contributed by atoms with E-state index in [0.29, 0.717) is 18.9 Å². The fourth-order valence-electron chi connectivity index (χ4n) is 2.72. The van der Waals surface area contributed by atoms with Crippen LogP contribution < -0.4 is 0 Å². The molecule has 1 fully saturated rings. The lowest BCUT2D eigenvalue weighted by Crippen LogP contribution is -2.34. The van der Waals surface area contributed by atoms with E-state index in [0.717, 1.165) is 54.2 Å². The van der Waals surface area contributed by atoms with E-state index in [-0.39, 0.29) is 0 Å². The highest BCUT2D eigenvalue weighted by molar-refractivity contribution is 7.11. The molecule has 2 aromatic rings. The molecular formula is C14H21N5O2S. The summed E-state index contributed by atoms with van der Waals surface area (Å²) in [7, 11) is 1.68. The summed E-state index contributed by atoms with van der Waals surface area (Å²) in [5.41, 5.74) is 0. The maximum Gasteiger partial charge on any atom is 0.231 e. The number of hydrogen-bond donors (Lipinski definition) is 0. The number of ether oxygens (including phenoxy) is 1. The lowest BCUT2D eigenvalue weighted by molar-refractivity contribution is 0.179. The van der Waals surface area contributed by atoms with Crippen LogP contribution in [0.25, 0.3) is 0 Å². The number of piperidine rings is 1. The fourth-order valence-corrected chi connectivity index (χ4v) is 3.47. The Morgan fingerprint density at radius 3 is 3.09 bits per heavy atom. The molecule has 0 N–H and O–H groups in total. The summed E-state index contributed by atoms with van der Waals surface area (Å²) in [6.07, 6.45) is 2.93. The highest BCUT2D eigenvalue weighted by atomic mass is 32.1. The van der Waals surface area contributed by atoms with Crippen molar-refractivity contribution in [1.82, 2.24) is 25.2 Å². The molecule has 1 unspecified atom stereocenters. The van der Waals surface area contributed by atoms with Crippen molar-refractivity contribution in [2.24, 2.45) is 0 Å². The number of aryl methyl sites for hydroxylation is 1. The van der Waals surface area contributed by atoms with Crippen molar-refractivity contribution in [3.8, 4) is 0 Å². The summed E-state index contributed by atoms with van der Waals surface area (Å²) >= 11 is 1.66. The van der Waals surface area contributed by atoms with E-state index in [1.165, 1.54) is 0 Å². The zero-order valence-electron chi connectivity index (χ0n) is 13.0. The second-order valence-corrected chi connectivity index (χ2v) is 6.85. The molecule has 2 aromatic heterocycles. The molecule has 0 bridgehead atoms. The molecule has 8 heteroatoms. The molecule has 0 spiro atoms. The maximum atomic E-state index is 5.44. The number of nitrogens with zero attached hydrogens (tertiary/aromatic N) is 5. The minimum atomic E-state index is 0.312. The zero-order chi connectivity index (χ0) is 15.4. The van der Waals surface area contributed by atoms with Gasteiger partial charge >= 0.3 is 0 Å². The van der Waals surface area contributed by atoms with Gasteiger partial charge in [-0.3, -0.25) is 4.90 Å². The Kier molecular flexibility index (Phi) is 5.12. The number of hydrogen-bond acceptors (Lipinski definition) is 8. The van der Waals surface area contributed by atoms with Crippen LogP contribution in [0.5, 0.6) is 0 Å². The molecule has 1 aliphatic heterocycles. The summed E-state index contributed by atoms with van der Waals surface area (Å²) in [4.78, 5) is 6.90. The highest BCUT2D eigenvalue weighted by Gasteiger charge is 2.26. The first-order valence-electron chi connectivity index (χ1n) is 7.57. The summed E-state index contributed by atoms with van der Waals surface area (Å²) in [5.74, 6) is 1.80. The Morgan fingerprint density at radius 2 is 2.32 bits per heavy atom. The van der Waals surface area contributed by atoms with Crippen molar-refractivity contribution >= 4 is 11.3 Å². The van der Waals surface area contributed by atoms with Gasteiger partial charge in [0.1, 0.15) is 10.0 Å². The van der Waals surface area contributed by atoms with Crippen molar-refractivity contribution < 1.29 is 9.26 Å². The number of likely N-dealkylation sites (tertiary alicyclic amines) is 1. The molecule has 1 atom stereocenters. The SMILES string of the molecule is COCCc1noc(C2CCCN(Cc3nnc(C)s3)C2)n1. The topological polar surface area (TPSA) is 77.2 Å². The van der Waals surface area contributed by atoms with Crippen LogP contribution in [0.2, 0.25) is 0 Å². The first kappa shape index (κ1) is 15.5. The highest BCUT2D eigenvalue weighted by Crippen LogP contribution is 2.27. The predicted octanol–water partition coefficient (Wildman–Crippen LogP) is 1.80. The van der Waals surface area contributed by atoms with E-state index in [9.17, 15) is 0 Å². The fraction of sp³-hybridized carbons (Fsp3) is 0.714. The second kappa shape index (κ2) is 7.26. The Bertz CT molecular complexity index is 600. The van der Waals surface area contributed by atoms with Gasteiger partial charge in [-0.15, -0.1) is 21.5 Å². The van der Waals surface area contributed by atoms with E-state index >= 15 is 0 Å². The lowest BCUT2D eigenvalue weighted by atomic mass is 9.98. The van der Waals surface area contributed by atoms with E-state index < -0.39 is 0 Å². The summed E-state index contributed by atoms with van der Waals surface area (Å²) in [6, 6.07) is 0. The first-order valence-corrected chi connectivity index (χ1v) is 8.39. The third-order valence-corrected chi connectivity index (χ3v) is 4.62. The minimum Gasteiger partial charge on any atom is -0.384 e. The van der Waals surface area contributed by atoms with Gasteiger partial charge in [-0.25, -0.2) is 0 Å². The molecule has 0 aliphatic carbocycles. The van der Waals surface area contributed by atoms with Gasteiger partial charge in [-0.05, 0) is 26.3 Å². The Morgan fingerprint density at radius 1 is 1.41 bits per heavy atom. The number of aromatic nitrogens is 4. The van der Waals surface area contributed by atoms with E-state index in [2.05, 4.69) is 25.2 Å². The second-order valence-electron chi connectivity index (χ2n) is 5.58. The maximum absolute atomic E-state index is 5.44. The molecule has 3 heterocycles. The van der Waals surface area contributed by atoms with Crippen LogP contribution in [0, 0.1) is 6.92 Å². The zero-order valence-corrected chi connectivity index (χ0v) is 13.8. The summed E-state index contributed by atoms with van der Waals surface area (Å²) in [6.45, 7) is 5.48. The van der Waals surface area contributed by atoms with E-state index in [1.807, 2.05) is 6.92 Å². The summed E-state index contributed by atoms with van der Waals surface area (Å²) < 4.78 is 10.5. The van der Waals surface area contributed by atoms with Crippen molar-refractivity contribution in [2.45, 2.75) is 38.6 Å². The smallest absolute Gasteiger partial charge is 0.231 e. The lowest BCUT2D eigenvalue weighted by Gasteiger charge is -2.29. The molecular weight excluding hydrogens is 302 g/mol. The molecule has 0 saturated carbocycles. The average Bonchev–Trinajstić information content (AvgIpc) is 3.15. The third-order valence-electron chi connectivity index (χ3n) is 3.80. The molecule has 3 rings (SSSR count). The largest absolute Gasteiger partial charge is 0.384 e. The molecule has 7 nitrogen and oxygen atoms in total. The van der Waals surface area contributed by atoms with Crippen molar-refractivity contribution in [3.63, 3.8) is 0 Å². The first-order chi connectivity index (χ1) is 10.7. The average molecular weight is 323 g/mol. The molecule has 22 heavy (non-hydrogen) atoms. The minimum absolute atomic E-state index is 0.312. The molecule has 0 amide bonds. The van der Waals surface area contributed by atoms with Crippen LogP contribution in [-0.2, 0) is 17.7 Å². The third kappa shape index (κ3) is 3.88. The monoisotopic (exact) mass is 323 g/mol. The number of methoxy groups -OCH3 is 1. The van der Waals surface area contributed by atoms with E-state index in [4.69, 9.17) is 9.26 Å². The van der Waals surface area contributed by atoms with Gasteiger partial charge in [0.2, 0.25) is 5.89 Å². The van der Waals surface area contributed by atoms with Crippen molar-refractivity contribution in [1.29, 1.82) is 0 Å². The van der Waals surface area contributed by atoms with Gasteiger partial charge in [-0.2, -0.15) is 4.98 Å².